The van der Waals surface area contributed by atoms with Crippen LogP contribution in [0.25, 0.3) is 0 Å². The summed E-state index contributed by atoms with van der Waals surface area (Å²) in [6.45, 7) is 6.67. The highest BCUT2D eigenvalue weighted by Crippen LogP contribution is 2.62. The molecule has 0 saturated heterocycles. The molecule has 2 aliphatic carbocycles. The second-order valence-corrected chi connectivity index (χ2v) is 6.91. The highest BCUT2D eigenvalue weighted by molar-refractivity contribution is 5.44. The Labute approximate surface area is 108 Å². The van der Waals surface area contributed by atoms with Gasteiger partial charge in [-0.15, -0.1) is 0 Å². The van der Waals surface area contributed by atoms with E-state index in [0.717, 1.165) is 30.4 Å². The molecule has 18 heavy (non-hydrogen) atoms. The van der Waals surface area contributed by atoms with Crippen LogP contribution in [0.3, 0.4) is 0 Å². The summed E-state index contributed by atoms with van der Waals surface area (Å²) in [7, 11) is 0. The molecule has 0 spiro atoms. The van der Waals surface area contributed by atoms with E-state index in [1.807, 2.05) is 0 Å². The smallest absolute Gasteiger partial charge is 0.123 e. The van der Waals surface area contributed by atoms with Crippen molar-refractivity contribution < 1.29 is 9.50 Å². The molecule has 1 aromatic carbocycles. The molecular weight excluding hydrogens is 227 g/mol. The molecule has 2 unspecified atom stereocenters. The predicted molar refractivity (Wildman–Crippen MR) is 69.8 cm³/mol. The molecule has 0 amide bonds. The molecule has 0 radical (unpaired) electrons. The van der Waals surface area contributed by atoms with Gasteiger partial charge in [0, 0.05) is 5.92 Å². The van der Waals surface area contributed by atoms with E-state index in [-0.39, 0.29) is 22.6 Å². The van der Waals surface area contributed by atoms with Crippen molar-refractivity contribution in [2.75, 3.05) is 0 Å². The molecular formula is C16H21FO. The number of aliphatic hydroxyl groups is 1. The lowest BCUT2D eigenvalue weighted by molar-refractivity contribution is -0.0272. The quantitative estimate of drug-likeness (QED) is 0.737. The molecule has 2 aliphatic rings. The number of halogens is 1. The maximum absolute atomic E-state index is 13.5. The Balaban J connectivity index is 2.20. The van der Waals surface area contributed by atoms with Crippen LogP contribution in [-0.2, 0) is 5.41 Å². The molecule has 1 saturated carbocycles. The summed E-state index contributed by atoms with van der Waals surface area (Å²) in [4.78, 5) is 0. The Morgan fingerprint density at radius 3 is 2.67 bits per heavy atom. The summed E-state index contributed by atoms with van der Waals surface area (Å²) in [6, 6.07) is 4.88. The zero-order chi connectivity index (χ0) is 13.1. The SMILES string of the molecule is CC1(C)CCCC2(C)c3cc(F)ccc3C(O)[C@@H]12. The molecule has 0 aliphatic heterocycles. The van der Waals surface area contributed by atoms with E-state index >= 15 is 0 Å². The van der Waals surface area contributed by atoms with Crippen LogP contribution in [0.4, 0.5) is 4.39 Å². The summed E-state index contributed by atoms with van der Waals surface area (Å²) in [5.41, 5.74) is 2.02. The summed E-state index contributed by atoms with van der Waals surface area (Å²) in [5, 5.41) is 10.6. The number of rotatable bonds is 0. The Morgan fingerprint density at radius 1 is 1.22 bits per heavy atom. The number of benzene rings is 1. The zero-order valence-corrected chi connectivity index (χ0v) is 11.3. The number of hydrogen-bond acceptors (Lipinski definition) is 1. The molecule has 1 aromatic rings. The van der Waals surface area contributed by atoms with Crippen molar-refractivity contribution in [2.45, 2.75) is 51.6 Å². The average molecular weight is 248 g/mol. The van der Waals surface area contributed by atoms with Gasteiger partial charge in [-0.1, -0.05) is 33.3 Å². The third-order valence-electron chi connectivity index (χ3n) is 5.31. The fourth-order valence-electron chi connectivity index (χ4n) is 4.62. The summed E-state index contributed by atoms with van der Waals surface area (Å²) >= 11 is 0. The topological polar surface area (TPSA) is 20.2 Å². The minimum absolute atomic E-state index is 0.0708. The Morgan fingerprint density at radius 2 is 1.94 bits per heavy atom. The van der Waals surface area contributed by atoms with E-state index in [9.17, 15) is 9.50 Å². The molecule has 98 valence electrons. The van der Waals surface area contributed by atoms with E-state index in [1.54, 1.807) is 12.1 Å². The minimum atomic E-state index is -0.444. The molecule has 1 nitrogen and oxygen atoms in total. The van der Waals surface area contributed by atoms with Gasteiger partial charge in [-0.2, -0.15) is 0 Å². The molecule has 0 heterocycles. The van der Waals surface area contributed by atoms with Crippen molar-refractivity contribution in [3.05, 3.63) is 35.1 Å². The van der Waals surface area contributed by atoms with Crippen LogP contribution in [-0.4, -0.2) is 5.11 Å². The molecule has 0 bridgehead atoms. The number of aliphatic hydroxyl groups excluding tert-OH is 1. The highest BCUT2D eigenvalue weighted by Gasteiger charge is 2.56. The van der Waals surface area contributed by atoms with Gasteiger partial charge in [0.2, 0.25) is 0 Å². The van der Waals surface area contributed by atoms with Gasteiger partial charge in [0.1, 0.15) is 5.82 Å². The van der Waals surface area contributed by atoms with Crippen LogP contribution in [0.15, 0.2) is 18.2 Å². The van der Waals surface area contributed by atoms with Gasteiger partial charge in [-0.3, -0.25) is 0 Å². The monoisotopic (exact) mass is 248 g/mol. The van der Waals surface area contributed by atoms with Crippen molar-refractivity contribution in [3.63, 3.8) is 0 Å². The Hall–Kier alpha value is -0.890. The molecule has 0 aromatic heterocycles. The van der Waals surface area contributed by atoms with E-state index < -0.39 is 6.10 Å². The lowest BCUT2D eigenvalue weighted by Gasteiger charge is -2.48. The summed E-state index contributed by atoms with van der Waals surface area (Å²) in [6.07, 6.45) is 2.90. The highest BCUT2D eigenvalue weighted by atomic mass is 19.1. The standard InChI is InChI=1S/C16H21FO/c1-15(2)7-4-8-16(3)12-9-10(17)5-6-11(12)13(18)14(15)16/h5-6,9,13-14,18H,4,7-8H2,1-3H3/t13?,14-,16?/m0/s1. The lowest BCUT2D eigenvalue weighted by atomic mass is 9.56. The van der Waals surface area contributed by atoms with Crippen LogP contribution in [0.2, 0.25) is 0 Å². The van der Waals surface area contributed by atoms with Gasteiger partial charge in [-0.25, -0.2) is 4.39 Å². The Kier molecular flexibility index (Phi) is 2.41. The van der Waals surface area contributed by atoms with Gasteiger partial charge in [0.25, 0.3) is 0 Å². The van der Waals surface area contributed by atoms with Crippen LogP contribution in [0.1, 0.15) is 57.3 Å². The average Bonchev–Trinajstić information content (AvgIpc) is 2.48. The van der Waals surface area contributed by atoms with Gasteiger partial charge < -0.3 is 5.11 Å². The first-order chi connectivity index (χ1) is 8.36. The fraction of sp³-hybridized carbons (Fsp3) is 0.625. The summed E-state index contributed by atoms with van der Waals surface area (Å²) < 4.78 is 13.5. The first kappa shape index (κ1) is 12.2. The first-order valence-corrected chi connectivity index (χ1v) is 6.84. The third kappa shape index (κ3) is 1.41. The maximum atomic E-state index is 13.5. The first-order valence-electron chi connectivity index (χ1n) is 6.84. The van der Waals surface area contributed by atoms with Gasteiger partial charge in [0.15, 0.2) is 0 Å². The molecule has 1 N–H and O–H groups in total. The minimum Gasteiger partial charge on any atom is -0.388 e. The van der Waals surface area contributed by atoms with Crippen molar-refractivity contribution >= 4 is 0 Å². The largest absolute Gasteiger partial charge is 0.388 e. The van der Waals surface area contributed by atoms with Crippen molar-refractivity contribution in [3.8, 4) is 0 Å². The van der Waals surface area contributed by atoms with Gasteiger partial charge >= 0.3 is 0 Å². The second kappa shape index (κ2) is 3.57. The maximum Gasteiger partial charge on any atom is 0.123 e. The van der Waals surface area contributed by atoms with Gasteiger partial charge in [-0.05, 0) is 46.9 Å². The van der Waals surface area contributed by atoms with Crippen LogP contribution < -0.4 is 0 Å². The van der Waals surface area contributed by atoms with E-state index in [4.69, 9.17) is 0 Å². The zero-order valence-electron chi connectivity index (χ0n) is 11.3. The summed E-state index contributed by atoms with van der Waals surface area (Å²) in [5.74, 6) is 0.0155. The van der Waals surface area contributed by atoms with Crippen LogP contribution in [0.5, 0.6) is 0 Å². The third-order valence-corrected chi connectivity index (χ3v) is 5.31. The van der Waals surface area contributed by atoms with Crippen molar-refractivity contribution in [1.29, 1.82) is 0 Å². The molecule has 3 atom stereocenters. The lowest BCUT2D eigenvalue weighted by Crippen LogP contribution is -2.43. The molecule has 1 fully saturated rings. The van der Waals surface area contributed by atoms with E-state index in [1.165, 1.54) is 6.07 Å². The second-order valence-electron chi connectivity index (χ2n) is 6.91. The van der Waals surface area contributed by atoms with Crippen molar-refractivity contribution in [2.24, 2.45) is 11.3 Å². The predicted octanol–water partition coefficient (Wildman–Crippen LogP) is 3.96. The van der Waals surface area contributed by atoms with Crippen LogP contribution in [0, 0.1) is 17.2 Å². The van der Waals surface area contributed by atoms with Gasteiger partial charge in [0.05, 0.1) is 6.10 Å². The van der Waals surface area contributed by atoms with Crippen molar-refractivity contribution in [1.82, 2.24) is 0 Å². The van der Waals surface area contributed by atoms with E-state index in [0.29, 0.717) is 0 Å². The Bertz CT molecular complexity index is 494. The molecule has 2 heteroatoms. The van der Waals surface area contributed by atoms with Crippen LogP contribution >= 0.6 is 0 Å². The van der Waals surface area contributed by atoms with E-state index in [2.05, 4.69) is 20.8 Å². The molecule has 3 rings (SSSR count). The normalized spacial score (nSPS) is 37.2. The number of fused-ring (bicyclic) bond motifs is 3. The number of hydrogen-bond donors (Lipinski definition) is 1. The fourth-order valence-corrected chi connectivity index (χ4v) is 4.62.